The Hall–Kier alpha value is -3.34. The molecule has 3 aromatic rings. The van der Waals surface area contributed by atoms with Crippen molar-refractivity contribution in [3.8, 4) is 16.3 Å². The van der Waals surface area contributed by atoms with E-state index in [1.165, 1.54) is 11.3 Å². The molecule has 0 bridgehead atoms. The Morgan fingerprint density at radius 1 is 1.03 bits per heavy atom. The molecule has 38 heavy (non-hydrogen) atoms. The molecule has 6 rings (SSSR count). The smallest absolute Gasteiger partial charge is 0.257 e. The fraction of sp³-hybridized carbons (Fsp3) is 0.429. The largest absolute Gasteiger partial charge is 0.488 e. The fourth-order valence-electron chi connectivity index (χ4n) is 4.88. The van der Waals surface area contributed by atoms with E-state index < -0.39 is 5.54 Å². The molecule has 0 spiro atoms. The van der Waals surface area contributed by atoms with Crippen molar-refractivity contribution in [2.24, 2.45) is 0 Å². The van der Waals surface area contributed by atoms with Crippen LogP contribution in [0.4, 0.5) is 10.8 Å². The van der Waals surface area contributed by atoms with E-state index in [1.807, 2.05) is 31.2 Å². The maximum atomic E-state index is 13.5. The molecule has 3 fully saturated rings. The number of benzene rings is 2. The molecule has 10 heteroatoms. The van der Waals surface area contributed by atoms with Crippen LogP contribution >= 0.6 is 11.3 Å². The fourth-order valence-corrected chi connectivity index (χ4v) is 5.71. The summed E-state index contributed by atoms with van der Waals surface area (Å²) in [4.78, 5) is 31.3. The quantitative estimate of drug-likeness (QED) is 0.452. The van der Waals surface area contributed by atoms with Gasteiger partial charge in [-0.05, 0) is 63.4 Å². The molecule has 1 aromatic heterocycles. The van der Waals surface area contributed by atoms with Crippen LogP contribution in [0.1, 0.15) is 41.6 Å². The second-order valence-corrected chi connectivity index (χ2v) is 11.5. The molecule has 2 aliphatic carbocycles. The number of nitrogens with one attached hydrogen (secondary N) is 2. The molecule has 198 valence electrons. The van der Waals surface area contributed by atoms with Gasteiger partial charge in [-0.15, -0.1) is 10.2 Å². The molecule has 0 radical (unpaired) electrons. The first kappa shape index (κ1) is 25.0. The molecule has 2 aromatic carbocycles. The highest BCUT2D eigenvalue weighted by molar-refractivity contribution is 7.18. The minimum absolute atomic E-state index is 0.0211. The zero-order valence-corrected chi connectivity index (χ0v) is 22.5. The number of carbonyl (C=O) groups excluding carboxylic acids is 2. The van der Waals surface area contributed by atoms with Crippen molar-refractivity contribution in [3.63, 3.8) is 0 Å². The maximum Gasteiger partial charge on any atom is 0.257 e. The third-order valence-electron chi connectivity index (χ3n) is 7.58. The van der Waals surface area contributed by atoms with E-state index in [0.717, 1.165) is 68.0 Å². The number of hydrogen-bond donors (Lipinski definition) is 2. The number of aromatic nitrogens is 2. The molecule has 2 heterocycles. The first-order valence-electron chi connectivity index (χ1n) is 13.2. The van der Waals surface area contributed by atoms with Crippen molar-refractivity contribution < 1.29 is 14.3 Å². The van der Waals surface area contributed by atoms with Crippen LogP contribution in [0.25, 0.3) is 10.6 Å². The van der Waals surface area contributed by atoms with Crippen molar-refractivity contribution in [2.75, 3.05) is 43.9 Å². The van der Waals surface area contributed by atoms with Crippen LogP contribution in [0.15, 0.2) is 42.5 Å². The highest BCUT2D eigenvalue weighted by Crippen LogP contribution is 2.44. The molecule has 2 N–H and O–H groups in total. The summed E-state index contributed by atoms with van der Waals surface area (Å²) in [6.07, 6.45) is 3.87. The Balaban J connectivity index is 1.19. The van der Waals surface area contributed by atoms with Crippen LogP contribution in [0.2, 0.25) is 0 Å². The van der Waals surface area contributed by atoms with Gasteiger partial charge in [-0.2, -0.15) is 0 Å². The van der Waals surface area contributed by atoms with Crippen LogP contribution in [0.5, 0.6) is 5.75 Å². The Kier molecular flexibility index (Phi) is 6.63. The summed E-state index contributed by atoms with van der Waals surface area (Å²) in [5.41, 5.74) is 2.58. The number of piperazine rings is 1. The third kappa shape index (κ3) is 5.16. The van der Waals surface area contributed by atoms with Gasteiger partial charge in [0.2, 0.25) is 11.0 Å². The van der Waals surface area contributed by atoms with Gasteiger partial charge in [0.15, 0.2) is 0 Å². The Morgan fingerprint density at radius 3 is 2.50 bits per heavy atom. The zero-order valence-electron chi connectivity index (χ0n) is 21.7. The molecule has 1 saturated heterocycles. The average Bonchev–Trinajstić information content (AvgIpc) is 3.85. The molecule has 1 aliphatic heterocycles. The van der Waals surface area contributed by atoms with Crippen LogP contribution in [0.3, 0.4) is 0 Å². The van der Waals surface area contributed by atoms with Gasteiger partial charge in [0.1, 0.15) is 16.3 Å². The average molecular weight is 533 g/mol. The second-order valence-electron chi connectivity index (χ2n) is 10.5. The van der Waals surface area contributed by atoms with E-state index in [1.54, 1.807) is 18.2 Å². The van der Waals surface area contributed by atoms with Gasteiger partial charge in [-0.3, -0.25) is 19.8 Å². The predicted octanol–water partition coefficient (Wildman–Crippen LogP) is 4.03. The SMILES string of the molecule is Cc1ccccc1-c1nnc(NC(=O)c2ccc(OC3CC3)c(NC(=O)C3(N4CCN(C)CC4)CC3)c2)s1. The third-order valence-corrected chi connectivity index (χ3v) is 8.46. The number of ether oxygens (including phenoxy) is 1. The van der Waals surface area contributed by atoms with Crippen LogP contribution in [0, 0.1) is 6.92 Å². The first-order valence-corrected chi connectivity index (χ1v) is 14.0. The summed E-state index contributed by atoms with van der Waals surface area (Å²) in [6.45, 7) is 5.69. The van der Waals surface area contributed by atoms with Crippen molar-refractivity contribution in [3.05, 3.63) is 53.6 Å². The lowest BCUT2D eigenvalue weighted by Crippen LogP contribution is -2.54. The monoisotopic (exact) mass is 532 g/mol. The van der Waals surface area contributed by atoms with Crippen molar-refractivity contribution in [1.82, 2.24) is 20.0 Å². The van der Waals surface area contributed by atoms with E-state index in [2.05, 4.69) is 37.7 Å². The maximum absolute atomic E-state index is 13.5. The van der Waals surface area contributed by atoms with Crippen LogP contribution < -0.4 is 15.4 Å². The van der Waals surface area contributed by atoms with Gasteiger partial charge in [-0.25, -0.2) is 0 Å². The number of nitrogens with zero attached hydrogens (tertiary/aromatic N) is 4. The van der Waals surface area contributed by atoms with Gasteiger partial charge < -0.3 is 15.0 Å². The molecule has 0 unspecified atom stereocenters. The topological polar surface area (TPSA) is 99.7 Å². The molecule has 0 atom stereocenters. The summed E-state index contributed by atoms with van der Waals surface area (Å²) < 4.78 is 6.08. The highest BCUT2D eigenvalue weighted by atomic mass is 32.1. The molecule has 3 aliphatic rings. The van der Waals surface area contributed by atoms with E-state index in [-0.39, 0.29) is 17.9 Å². The number of anilines is 2. The predicted molar refractivity (Wildman–Crippen MR) is 148 cm³/mol. The summed E-state index contributed by atoms with van der Waals surface area (Å²) in [7, 11) is 2.11. The van der Waals surface area contributed by atoms with E-state index >= 15 is 0 Å². The van der Waals surface area contributed by atoms with Gasteiger partial charge in [0.25, 0.3) is 5.91 Å². The normalized spacial score (nSPS) is 19.1. The number of likely N-dealkylation sites (N-methyl/N-ethyl adjacent to an activating group) is 1. The van der Waals surface area contributed by atoms with E-state index in [4.69, 9.17) is 4.74 Å². The molecule has 9 nitrogen and oxygen atoms in total. The summed E-state index contributed by atoms with van der Waals surface area (Å²) in [5.74, 6) is 0.266. The van der Waals surface area contributed by atoms with Gasteiger partial charge in [-0.1, -0.05) is 35.6 Å². The van der Waals surface area contributed by atoms with Crippen molar-refractivity contribution >= 4 is 34.0 Å². The molecular weight excluding hydrogens is 500 g/mol. The molecular formula is C28H32N6O3S. The van der Waals surface area contributed by atoms with E-state index in [9.17, 15) is 9.59 Å². The minimum Gasteiger partial charge on any atom is -0.488 e. The van der Waals surface area contributed by atoms with Gasteiger partial charge >= 0.3 is 0 Å². The summed E-state index contributed by atoms with van der Waals surface area (Å²) >= 11 is 1.33. The van der Waals surface area contributed by atoms with Crippen LogP contribution in [-0.4, -0.2) is 76.7 Å². The lowest BCUT2D eigenvalue weighted by molar-refractivity contribution is -0.123. The van der Waals surface area contributed by atoms with E-state index in [0.29, 0.717) is 22.1 Å². The minimum atomic E-state index is -0.463. The summed E-state index contributed by atoms with van der Waals surface area (Å²) in [6, 6.07) is 13.1. The number of amides is 2. The molecule has 2 amide bonds. The zero-order chi connectivity index (χ0) is 26.3. The summed E-state index contributed by atoms with van der Waals surface area (Å²) in [5, 5.41) is 15.6. The second kappa shape index (κ2) is 10.1. The standard InChI is InChI=1S/C28H32N6O3S/c1-18-5-3-4-6-21(18)25-31-32-27(38-25)30-24(35)19-7-10-23(37-20-8-9-20)22(17-19)29-26(36)28(11-12-28)34-15-13-33(2)14-16-34/h3-7,10,17,20H,8-9,11-16H2,1-2H3,(H,29,36)(H,30,32,35). The number of aryl methyl sites for hydroxylation is 1. The number of hydrogen-bond acceptors (Lipinski definition) is 8. The number of carbonyl (C=O) groups is 2. The lowest BCUT2D eigenvalue weighted by Gasteiger charge is -2.37. The Bertz CT molecular complexity index is 1360. The highest BCUT2D eigenvalue weighted by Gasteiger charge is 2.54. The lowest BCUT2D eigenvalue weighted by atomic mass is 10.1. The van der Waals surface area contributed by atoms with Gasteiger partial charge in [0.05, 0.1) is 11.8 Å². The first-order chi connectivity index (χ1) is 18.4. The Morgan fingerprint density at radius 2 is 1.79 bits per heavy atom. The van der Waals surface area contributed by atoms with Crippen LogP contribution in [-0.2, 0) is 4.79 Å². The number of rotatable bonds is 8. The molecule has 2 saturated carbocycles. The van der Waals surface area contributed by atoms with Crippen molar-refractivity contribution in [1.29, 1.82) is 0 Å². The van der Waals surface area contributed by atoms with Crippen molar-refractivity contribution in [2.45, 2.75) is 44.2 Å². The van der Waals surface area contributed by atoms with Gasteiger partial charge in [0, 0.05) is 37.3 Å². The Labute approximate surface area is 226 Å².